The molecule has 4 saturated carbocycles. The van der Waals surface area contributed by atoms with Crippen molar-refractivity contribution in [2.24, 2.45) is 23.2 Å². The van der Waals surface area contributed by atoms with Gasteiger partial charge in [-0.3, -0.25) is 9.59 Å². The third kappa shape index (κ3) is 4.50. The predicted molar refractivity (Wildman–Crippen MR) is 108 cm³/mol. The van der Waals surface area contributed by atoms with Crippen LogP contribution in [0.25, 0.3) is 0 Å². The third-order valence-corrected chi connectivity index (χ3v) is 6.83. The fraction of sp³-hybridized carbons (Fsp3) is 0.652. The number of hydrogen-bond donors (Lipinski definition) is 2. The molecule has 2 N–H and O–H groups in total. The first-order valence-electron chi connectivity index (χ1n) is 10.9. The van der Waals surface area contributed by atoms with Crippen molar-refractivity contribution < 1.29 is 14.3 Å². The lowest BCUT2D eigenvalue weighted by Crippen LogP contribution is -2.54. The molecule has 0 atom stereocenters. The van der Waals surface area contributed by atoms with E-state index in [4.69, 9.17) is 4.74 Å². The fourth-order valence-corrected chi connectivity index (χ4v) is 5.96. The minimum absolute atomic E-state index is 0.0953. The van der Waals surface area contributed by atoms with Crippen LogP contribution in [0.4, 0.5) is 0 Å². The Morgan fingerprint density at radius 1 is 0.929 bits per heavy atom. The fourth-order valence-electron chi connectivity index (χ4n) is 5.96. The first-order valence-corrected chi connectivity index (χ1v) is 10.9. The highest BCUT2D eigenvalue weighted by molar-refractivity contribution is 5.88. The van der Waals surface area contributed by atoms with Gasteiger partial charge in [-0.15, -0.1) is 0 Å². The molecule has 0 saturated heterocycles. The average molecular weight is 385 g/mol. The van der Waals surface area contributed by atoms with Crippen molar-refractivity contribution in [2.45, 2.75) is 51.4 Å². The standard InChI is InChI=1S/C23H32N2O3/c26-21(24-8-4-5-9-28-20-6-2-1-3-7-20)16-25-22(27)23-13-17-10-18(14-23)12-19(11-17)15-23/h1-3,6-7,17-19H,4-5,8-16H2,(H,24,26)(H,25,27). The normalized spacial score (nSPS) is 30.1. The van der Waals surface area contributed by atoms with Gasteiger partial charge in [0.05, 0.1) is 13.2 Å². The van der Waals surface area contributed by atoms with Gasteiger partial charge in [-0.25, -0.2) is 0 Å². The molecule has 4 aliphatic rings. The summed E-state index contributed by atoms with van der Waals surface area (Å²) in [5.41, 5.74) is -0.177. The van der Waals surface area contributed by atoms with Crippen molar-refractivity contribution in [3.05, 3.63) is 30.3 Å². The smallest absolute Gasteiger partial charge is 0.239 e. The number of nitrogens with one attached hydrogen (secondary N) is 2. The molecule has 2 amide bonds. The molecule has 0 aliphatic heterocycles. The number of carbonyl (C=O) groups excluding carboxylic acids is 2. The molecule has 4 aliphatic carbocycles. The summed E-state index contributed by atoms with van der Waals surface area (Å²) in [5.74, 6) is 3.12. The monoisotopic (exact) mass is 384 g/mol. The molecule has 5 rings (SSSR count). The van der Waals surface area contributed by atoms with Crippen molar-refractivity contribution in [3.63, 3.8) is 0 Å². The maximum Gasteiger partial charge on any atom is 0.239 e. The van der Waals surface area contributed by atoms with E-state index in [1.807, 2.05) is 30.3 Å². The van der Waals surface area contributed by atoms with Gasteiger partial charge in [0.25, 0.3) is 0 Å². The summed E-state index contributed by atoms with van der Waals surface area (Å²) in [5, 5.41) is 5.84. The zero-order valence-electron chi connectivity index (χ0n) is 16.6. The summed E-state index contributed by atoms with van der Waals surface area (Å²) in [6, 6.07) is 9.74. The molecular weight excluding hydrogens is 352 g/mol. The summed E-state index contributed by atoms with van der Waals surface area (Å²) >= 11 is 0. The topological polar surface area (TPSA) is 67.4 Å². The van der Waals surface area contributed by atoms with Gasteiger partial charge in [-0.2, -0.15) is 0 Å². The number of para-hydroxylation sites is 1. The van der Waals surface area contributed by atoms with Crippen molar-refractivity contribution in [2.75, 3.05) is 19.7 Å². The molecule has 1 aromatic rings. The number of hydrogen-bond acceptors (Lipinski definition) is 3. The van der Waals surface area contributed by atoms with E-state index in [1.54, 1.807) is 0 Å². The minimum Gasteiger partial charge on any atom is -0.494 e. The minimum atomic E-state index is -0.177. The summed E-state index contributed by atoms with van der Waals surface area (Å²) < 4.78 is 5.64. The molecule has 0 aromatic heterocycles. The highest BCUT2D eigenvalue weighted by atomic mass is 16.5. The van der Waals surface area contributed by atoms with E-state index in [9.17, 15) is 9.59 Å². The van der Waals surface area contributed by atoms with Crippen LogP contribution in [0.1, 0.15) is 51.4 Å². The predicted octanol–water partition coefficient (Wildman–Crippen LogP) is 3.29. The quantitative estimate of drug-likeness (QED) is 0.642. The molecule has 5 nitrogen and oxygen atoms in total. The molecule has 0 heterocycles. The third-order valence-electron chi connectivity index (χ3n) is 6.83. The maximum absolute atomic E-state index is 12.8. The van der Waals surface area contributed by atoms with E-state index in [1.165, 1.54) is 19.3 Å². The lowest BCUT2D eigenvalue weighted by Gasteiger charge is -2.55. The van der Waals surface area contributed by atoms with Crippen LogP contribution in [-0.2, 0) is 9.59 Å². The van der Waals surface area contributed by atoms with Crippen LogP contribution < -0.4 is 15.4 Å². The van der Waals surface area contributed by atoms with E-state index in [0.717, 1.165) is 55.6 Å². The lowest BCUT2D eigenvalue weighted by molar-refractivity contribution is -0.147. The highest BCUT2D eigenvalue weighted by Crippen LogP contribution is 2.60. The van der Waals surface area contributed by atoms with Gasteiger partial charge in [-0.1, -0.05) is 18.2 Å². The second-order valence-corrected chi connectivity index (χ2v) is 9.10. The van der Waals surface area contributed by atoms with Crippen molar-refractivity contribution in [3.8, 4) is 5.75 Å². The number of benzene rings is 1. The van der Waals surface area contributed by atoms with Gasteiger partial charge in [0, 0.05) is 12.0 Å². The molecule has 0 radical (unpaired) electrons. The molecule has 4 bridgehead atoms. The Morgan fingerprint density at radius 3 is 2.21 bits per heavy atom. The van der Waals surface area contributed by atoms with Crippen LogP contribution in [-0.4, -0.2) is 31.5 Å². The molecule has 28 heavy (non-hydrogen) atoms. The highest BCUT2D eigenvalue weighted by Gasteiger charge is 2.54. The molecule has 4 fully saturated rings. The number of rotatable bonds is 9. The zero-order valence-corrected chi connectivity index (χ0v) is 16.6. The van der Waals surface area contributed by atoms with Gasteiger partial charge >= 0.3 is 0 Å². The summed E-state index contributed by atoms with van der Waals surface area (Å²) in [7, 11) is 0. The number of ether oxygens (including phenoxy) is 1. The van der Waals surface area contributed by atoms with Crippen LogP contribution in [0.2, 0.25) is 0 Å². The maximum atomic E-state index is 12.8. The summed E-state index contributed by atoms with van der Waals surface area (Å²) in [4.78, 5) is 24.9. The Morgan fingerprint density at radius 2 is 1.57 bits per heavy atom. The van der Waals surface area contributed by atoms with E-state index < -0.39 is 0 Å². The van der Waals surface area contributed by atoms with E-state index in [-0.39, 0.29) is 23.8 Å². The Labute approximate surface area is 167 Å². The lowest BCUT2D eigenvalue weighted by atomic mass is 9.49. The Kier molecular flexibility index (Phi) is 5.88. The largest absolute Gasteiger partial charge is 0.494 e. The SMILES string of the molecule is O=C(CNC(=O)C12CC3CC(CC(C3)C1)C2)NCCCCOc1ccccc1. The summed E-state index contributed by atoms with van der Waals surface area (Å²) in [6.07, 6.45) is 8.81. The first-order chi connectivity index (χ1) is 13.6. The van der Waals surface area contributed by atoms with Crippen molar-refractivity contribution >= 4 is 11.8 Å². The molecule has 152 valence electrons. The number of carbonyl (C=O) groups is 2. The van der Waals surface area contributed by atoms with E-state index in [0.29, 0.717) is 13.2 Å². The molecule has 1 aromatic carbocycles. The van der Waals surface area contributed by atoms with Crippen LogP contribution in [0.5, 0.6) is 5.75 Å². The van der Waals surface area contributed by atoms with Crippen molar-refractivity contribution in [1.29, 1.82) is 0 Å². The Hall–Kier alpha value is -2.04. The second-order valence-electron chi connectivity index (χ2n) is 9.10. The van der Waals surface area contributed by atoms with Crippen LogP contribution in [0.15, 0.2) is 30.3 Å². The van der Waals surface area contributed by atoms with Gasteiger partial charge < -0.3 is 15.4 Å². The van der Waals surface area contributed by atoms with Gasteiger partial charge in [0.1, 0.15) is 5.75 Å². The Balaban J connectivity index is 1.10. The second kappa shape index (κ2) is 8.54. The van der Waals surface area contributed by atoms with Gasteiger partial charge in [-0.05, 0) is 81.3 Å². The molecule has 0 spiro atoms. The zero-order chi connectivity index (χ0) is 19.4. The van der Waals surface area contributed by atoms with Crippen LogP contribution >= 0.6 is 0 Å². The van der Waals surface area contributed by atoms with Crippen molar-refractivity contribution in [1.82, 2.24) is 10.6 Å². The average Bonchev–Trinajstić information content (AvgIpc) is 2.68. The Bertz CT molecular complexity index is 653. The van der Waals surface area contributed by atoms with Gasteiger partial charge in [0.15, 0.2) is 0 Å². The van der Waals surface area contributed by atoms with Crippen LogP contribution in [0, 0.1) is 23.2 Å². The molecule has 5 heteroatoms. The van der Waals surface area contributed by atoms with E-state index in [2.05, 4.69) is 10.6 Å². The molecular formula is C23H32N2O3. The first kappa shape index (κ1) is 19.3. The van der Waals surface area contributed by atoms with E-state index >= 15 is 0 Å². The number of unbranched alkanes of at least 4 members (excludes halogenated alkanes) is 1. The molecule has 0 unspecified atom stereocenters. The van der Waals surface area contributed by atoms with Gasteiger partial charge in [0.2, 0.25) is 11.8 Å². The number of amides is 2. The summed E-state index contributed by atoms with van der Waals surface area (Å²) in [6.45, 7) is 1.36. The van der Waals surface area contributed by atoms with Crippen LogP contribution in [0.3, 0.4) is 0 Å².